The Morgan fingerprint density at radius 3 is 2.79 bits per heavy atom. The Labute approximate surface area is 174 Å². The Morgan fingerprint density at radius 2 is 2.07 bits per heavy atom. The van der Waals surface area contributed by atoms with Gasteiger partial charge in [-0.05, 0) is 25.1 Å². The number of ether oxygens (including phenoxy) is 1. The summed E-state index contributed by atoms with van der Waals surface area (Å²) in [5, 5.41) is 5.89. The number of anilines is 1. The molecule has 0 fully saturated rings. The standard InChI is InChI=1S/C18H16ClN5O2S2/c1-11-13-10-14(27-17(13)24(20-11)12-6-4-3-5-7-12)18(25)26-9-8-23(2)16-15(19)21-28-22-16/h3-7,10H,8-9H2,1-2H3. The molecule has 0 unspecified atom stereocenters. The van der Waals surface area contributed by atoms with Gasteiger partial charge < -0.3 is 9.64 Å². The molecule has 0 spiro atoms. The Balaban J connectivity index is 1.47. The normalized spacial score (nSPS) is 11.1. The van der Waals surface area contributed by atoms with Crippen molar-refractivity contribution in [1.82, 2.24) is 18.5 Å². The van der Waals surface area contributed by atoms with Crippen molar-refractivity contribution in [3.63, 3.8) is 0 Å². The van der Waals surface area contributed by atoms with Gasteiger partial charge in [0.05, 0.1) is 29.7 Å². The molecule has 144 valence electrons. The summed E-state index contributed by atoms with van der Waals surface area (Å²) < 4.78 is 15.3. The van der Waals surface area contributed by atoms with Crippen molar-refractivity contribution in [3.05, 3.63) is 52.1 Å². The Kier molecular flexibility index (Phi) is 5.29. The van der Waals surface area contributed by atoms with Gasteiger partial charge in [0.15, 0.2) is 11.0 Å². The number of aryl methyl sites for hydroxylation is 1. The van der Waals surface area contributed by atoms with Crippen LogP contribution in [-0.4, -0.2) is 44.7 Å². The first-order valence-corrected chi connectivity index (χ1v) is 10.4. The summed E-state index contributed by atoms with van der Waals surface area (Å²) in [5.41, 5.74) is 1.83. The first-order chi connectivity index (χ1) is 13.5. The van der Waals surface area contributed by atoms with E-state index in [2.05, 4.69) is 13.8 Å². The van der Waals surface area contributed by atoms with Crippen LogP contribution in [0.25, 0.3) is 15.9 Å². The van der Waals surface area contributed by atoms with Gasteiger partial charge in [0.25, 0.3) is 0 Å². The molecule has 0 aliphatic carbocycles. The van der Waals surface area contributed by atoms with Crippen LogP contribution < -0.4 is 4.90 Å². The third kappa shape index (κ3) is 3.60. The summed E-state index contributed by atoms with van der Waals surface area (Å²) in [7, 11) is 1.83. The molecule has 4 rings (SSSR count). The lowest BCUT2D eigenvalue weighted by Crippen LogP contribution is -2.24. The summed E-state index contributed by atoms with van der Waals surface area (Å²) in [6, 6.07) is 11.7. The second-order valence-electron chi connectivity index (χ2n) is 6.10. The fraction of sp³-hybridized carbons (Fsp3) is 0.222. The number of nitrogens with zero attached hydrogens (tertiary/aromatic N) is 5. The summed E-state index contributed by atoms with van der Waals surface area (Å²) >= 11 is 8.39. The fourth-order valence-corrected chi connectivity index (χ4v) is 4.65. The van der Waals surface area contributed by atoms with Gasteiger partial charge in [0, 0.05) is 12.4 Å². The number of hydrogen-bond donors (Lipinski definition) is 0. The number of fused-ring (bicyclic) bond motifs is 1. The molecule has 0 saturated carbocycles. The van der Waals surface area contributed by atoms with Crippen LogP contribution in [0.3, 0.4) is 0 Å². The summed E-state index contributed by atoms with van der Waals surface area (Å²) in [5.74, 6) is 0.235. The molecule has 28 heavy (non-hydrogen) atoms. The van der Waals surface area contributed by atoms with E-state index in [-0.39, 0.29) is 12.6 Å². The summed E-state index contributed by atoms with van der Waals surface area (Å²) in [4.78, 5) is 15.8. The van der Waals surface area contributed by atoms with Crippen LogP contribution in [-0.2, 0) is 4.74 Å². The maximum atomic E-state index is 12.5. The lowest BCUT2D eigenvalue weighted by Gasteiger charge is -2.15. The minimum Gasteiger partial charge on any atom is -0.460 e. The molecule has 0 bridgehead atoms. The van der Waals surface area contributed by atoms with Crippen LogP contribution in [0.2, 0.25) is 5.15 Å². The molecular formula is C18H16ClN5O2S2. The van der Waals surface area contributed by atoms with E-state index in [1.165, 1.54) is 11.3 Å². The summed E-state index contributed by atoms with van der Waals surface area (Å²) in [6.07, 6.45) is 0. The van der Waals surface area contributed by atoms with Crippen LogP contribution >= 0.6 is 34.7 Å². The van der Waals surface area contributed by atoms with Crippen molar-refractivity contribution < 1.29 is 9.53 Å². The van der Waals surface area contributed by atoms with Crippen molar-refractivity contribution >= 4 is 56.7 Å². The minimum absolute atomic E-state index is 0.223. The van der Waals surface area contributed by atoms with E-state index in [4.69, 9.17) is 16.3 Å². The number of carbonyl (C=O) groups is 1. The number of benzene rings is 1. The second-order valence-corrected chi connectivity index (χ2v) is 8.02. The number of likely N-dealkylation sites (N-methyl/N-ethyl adjacent to an activating group) is 1. The van der Waals surface area contributed by atoms with Gasteiger partial charge in [-0.3, -0.25) is 0 Å². The third-order valence-corrected chi connectivity index (χ3v) is 6.16. The number of aromatic nitrogens is 4. The Morgan fingerprint density at radius 1 is 1.29 bits per heavy atom. The maximum absolute atomic E-state index is 12.5. The molecule has 4 aromatic rings. The van der Waals surface area contributed by atoms with Crippen molar-refractivity contribution in [2.75, 3.05) is 25.1 Å². The van der Waals surface area contributed by atoms with Gasteiger partial charge in [-0.1, -0.05) is 29.8 Å². The highest BCUT2D eigenvalue weighted by molar-refractivity contribution is 7.20. The second kappa shape index (κ2) is 7.86. The number of carbonyl (C=O) groups excluding carboxylic acids is 1. The van der Waals surface area contributed by atoms with E-state index in [0.717, 1.165) is 33.3 Å². The molecule has 3 aromatic heterocycles. The topological polar surface area (TPSA) is 73.1 Å². The SMILES string of the molecule is Cc1nn(-c2ccccc2)c2sc(C(=O)OCCN(C)c3nsnc3Cl)cc12. The van der Waals surface area contributed by atoms with E-state index in [0.29, 0.717) is 22.4 Å². The largest absolute Gasteiger partial charge is 0.460 e. The Bertz CT molecular complexity index is 1120. The average Bonchev–Trinajstić information content (AvgIpc) is 3.39. The predicted molar refractivity (Wildman–Crippen MR) is 112 cm³/mol. The van der Waals surface area contributed by atoms with E-state index in [1.807, 2.05) is 60.0 Å². The van der Waals surface area contributed by atoms with Crippen molar-refractivity contribution in [2.24, 2.45) is 0 Å². The summed E-state index contributed by atoms with van der Waals surface area (Å²) in [6.45, 7) is 2.63. The number of hydrogen-bond acceptors (Lipinski definition) is 8. The van der Waals surface area contributed by atoms with Gasteiger partial charge in [-0.25, -0.2) is 9.48 Å². The predicted octanol–water partition coefficient (Wildman–Crippen LogP) is 4.19. The van der Waals surface area contributed by atoms with Crippen LogP contribution in [0.15, 0.2) is 36.4 Å². The van der Waals surface area contributed by atoms with Gasteiger partial charge in [0.2, 0.25) is 0 Å². The van der Waals surface area contributed by atoms with Gasteiger partial charge >= 0.3 is 5.97 Å². The molecular weight excluding hydrogens is 418 g/mol. The van der Waals surface area contributed by atoms with Gasteiger partial charge in [-0.15, -0.1) is 11.3 Å². The molecule has 0 atom stereocenters. The molecule has 0 amide bonds. The highest BCUT2D eigenvalue weighted by Gasteiger charge is 2.18. The van der Waals surface area contributed by atoms with Crippen molar-refractivity contribution in [2.45, 2.75) is 6.92 Å². The molecule has 0 aliphatic heterocycles. The van der Waals surface area contributed by atoms with Crippen LogP contribution in [0.5, 0.6) is 0 Å². The zero-order valence-corrected chi connectivity index (χ0v) is 17.5. The quantitative estimate of drug-likeness (QED) is 0.424. The zero-order valence-electron chi connectivity index (χ0n) is 15.1. The number of para-hydroxylation sites is 1. The maximum Gasteiger partial charge on any atom is 0.348 e. The molecule has 3 heterocycles. The Hall–Kier alpha value is -2.49. The van der Waals surface area contributed by atoms with E-state index in [9.17, 15) is 4.79 Å². The molecule has 7 nitrogen and oxygen atoms in total. The van der Waals surface area contributed by atoms with Crippen LogP contribution in [0, 0.1) is 6.92 Å². The van der Waals surface area contributed by atoms with Crippen molar-refractivity contribution in [3.8, 4) is 5.69 Å². The number of thiophene rings is 1. The van der Waals surface area contributed by atoms with Crippen LogP contribution in [0.1, 0.15) is 15.4 Å². The van der Waals surface area contributed by atoms with Gasteiger partial charge in [-0.2, -0.15) is 13.8 Å². The third-order valence-electron chi connectivity index (χ3n) is 4.20. The zero-order chi connectivity index (χ0) is 19.7. The number of halogens is 1. The lowest BCUT2D eigenvalue weighted by molar-refractivity contribution is 0.0522. The molecule has 0 saturated heterocycles. The van der Waals surface area contributed by atoms with Crippen LogP contribution in [0.4, 0.5) is 5.82 Å². The molecule has 10 heteroatoms. The smallest absolute Gasteiger partial charge is 0.348 e. The highest BCUT2D eigenvalue weighted by Crippen LogP contribution is 2.30. The first kappa shape index (κ1) is 18.9. The highest BCUT2D eigenvalue weighted by atomic mass is 35.5. The van der Waals surface area contributed by atoms with E-state index in [1.54, 1.807) is 0 Å². The number of rotatable bonds is 6. The fourth-order valence-electron chi connectivity index (χ4n) is 2.74. The lowest BCUT2D eigenvalue weighted by atomic mass is 10.3. The van der Waals surface area contributed by atoms with Crippen molar-refractivity contribution in [1.29, 1.82) is 0 Å². The average molecular weight is 434 g/mol. The molecule has 0 N–H and O–H groups in total. The molecule has 0 aliphatic rings. The number of esters is 1. The van der Waals surface area contributed by atoms with E-state index >= 15 is 0 Å². The van der Waals surface area contributed by atoms with Gasteiger partial charge in [0.1, 0.15) is 16.3 Å². The molecule has 1 aromatic carbocycles. The molecule has 0 radical (unpaired) electrons. The minimum atomic E-state index is -0.351. The monoisotopic (exact) mass is 433 g/mol. The van der Waals surface area contributed by atoms with E-state index < -0.39 is 0 Å². The first-order valence-electron chi connectivity index (χ1n) is 8.45.